The van der Waals surface area contributed by atoms with Gasteiger partial charge in [0.25, 0.3) is 11.5 Å². The van der Waals surface area contributed by atoms with Crippen molar-refractivity contribution < 1.29 is 4.79 Å². The molecule has 3 N–H and O–H groups in total. The van der Waals surface area contributed by atoms with Crippen molar-refractivity contribution in [1.29, 1.82) is 0 Å². The van der Waals surface area contributed by atoms with Crippen LogP contribution < -0.4 is 21.1 Å². The van der Waals surface area contributed by atoms with Gasteiger partial charge in [-0.05, 0) is 55.3 Å². The van der Waals surface area contributed by atoms with Crippen LogP contribution >= 0.6 is 22.9 Å². The number of piperazine rings is 1. The van der Waals surface area contributed by atoms with Crippen LogP contribution in [0.2, 0.25) is 5.02 Å². The number of pyridine rings is 1. The molecule has 0 atom stereocenters. The molecule has 41 heavy (non-hydrogen) atoms. The van der Waals surface area contributed by atoms with Gasteiger partial charge < -0.3 is 20.4 Å². The molecular formula is C30H28ClN7O2S. The molecular weight excluding hydrogens is 558 g/mol. The van der Waals surface area contributed by atoms with Crippen LogP contribution in [-0.2, 0) is 0 Å². The number of halogens is 1. The number of benzene rings is 2. The molecule has 2 aromatic carbocycles. The van der Waals surface area contributed by atoms with E-state index in [1.165, 1.54) is 11.3 Å². The lowest BCUT2D eigenvalue weighted by Crippen LogP contribution is -2.44. The number of nitrogens with one attached hydrogen (secondary N) is 3. The molecule has 1 amide bonds. The van der Waals surface area contributed by atoms with Crippen molar-refractivity contribution in [2.45, 2.75) is 6.92 Å². The fraction of sp³-hybridized carbons (Fsp3) is 0.200. The zero-order chi connectivity index (χ0) is 28.5. The van der Waals surface area contributed by atoms with Gasteiger partial charge in [0.1, 0.15) is 11.5 Å². The van der Waals surface area contributed by atoms with Gasteiger partial charge in [-0.2, -0.15) is 5.10 Å². The number of fused-ring (bicyclic) bond motifs is 1. The minimum absolute atomic E-state index is 0.240. The normalized spacial score (nSPS) is 13.9. The monoisotopic (exact) mass is 585 g/mol. The number of hydrogen-bond acceptors (Lipinski definition) is 8. The zero-order valence-electron chi connectivity index (χ0n) is 22.6. The second kappa shape index (κ2) is 11.3. The Kier molecular flexibility index (Phi) is 7.44. The van der Waals surface area contributed by atoms with Crippen molar-refractivity contribution >= 4 is 61.8 Å². The SMILES string of the molecule is Cc1ccc(-c2cc(Nc3ccc(N4CCN(C)CC4)cn3)c(=O)[nH]n2)c(Cl)c1NC(=O)c1cc2ccccc2s1. The number of amides is 1. The van der Waals surface area contributed by atoms with E-state index in [4.69, 9.17) is 11.6 Å². The zero-order valence-corrected chi connectivity index (χ0v) is 24.1. The Hall–Kier alpha value is -4.25. The van der Waals surface area contributed by atoms with E-state index in [0.717, 1.165) is 47.5 Å². The molecule has 208 valence electrons. The first-order chi connectivity index (χ1) is 19.9. The first kappa shape index (κ1) is 26.9. The Bertz CT molecular complexity index is 1760. The number of carbonyl (C=O) groups is 1. The highest BCUT2D eigenvalue weighted by molar-refractivity contribution is 7.20. The van der Waals surface area contributed by atoms with E-state index in [1.807, 2.05) is 67.7 Å². The standard InChI is InChI=1S/C30H28ClN7O2S/c1-18-7-9-21(27(31)28(18)34-30(40)25-15-19-5-3-4-6-24(19)41-25)22-16-23(29(39)36-35-22)33-26-10-8-20(17-32-26)38-13-11-37(2)12-14-38/h3-10,15-17H,11-14H2,1-2H3,(H,34,40)(H,36,39)(H,32,33,35). The smallest absolute Gasteiger partial charge is 0.287 e. The molecule has 4 heterocycles. The van der Waals surface area contributed by atoms with Crippen LogP contribution in [0.15, 0.2) is 71.7 Å². The molecule has 0 unspecified atom stereocenters. The lowest BCUT2D eigenvalue weighted by molar-refractivity contribution is 0.103. The number of anilines is 4. The Morgan fingerprint density at radius 2 is 1.85 bits per heavy atom. The number of likely N-dealkylation sites (N-methyl/N-ethyl adjacent to an activating group) is 1. The molecule has 9 nitrogen and oxygen atoms in total. The van der Waals surface area contributed by atoms with Crippen LogP contribution in [0.25, 0.3) is 21.3 Å². The van der Waals surface area contributed by atoms with Crippen molar-refractivity contribution in [1.82, 2.24) is 20.1 Å². The van der Waals surface area contributed by atoms with Gasteiger partial charge in [0, 0.05) is 36.4 Å². The van der Waals surface area contributed by atoms with Crippen molar-refractivity contribution in [2.75, 3.05) is 48.8 Å². The molecule has 0 saturated carbocycles. The van der Waals surface area contributed by atoms with Crippen LogP contribution in [0.1, 0.15) is 15.2 Å². The Morgan fingerprint density at radius 3 is 2.61 bits per heavy atom. The first-order valence-electron chi connectivity index (χ1n) is 13.2. The lowest BCUT2D eigenvalue weighted by Gasteiger charge is -2.33. The summed E-state index contributed by atoms with van der Waals surface area (Å²) in [5, 5.41) is 14.2. The summed E-state index contributed by atoms with van der Waals surface area (Å²) in [7, 11) is 2.12. The predicted octanol–water partition coefficient (Wildman–Crippen LogP) is 5.76. The number of H-pyrrole nitrogens is 1. The fourth-order valence-corrected chi connectivity index (χ4v) is 6.09. The number of rotatable bonds is 6. The molecule has 3 aromatic heterocycles. The summed E-state index contributed by atoms with van der Waals surface area (Å²) in [6, 6.07) is 18.9. The number of aromatic amines is 1. The molecule has 1 aliphatic rings. The van der Waals surface area contributed by atoms with E-state index < -0.39 is 0 Å². The molecule has 1 fully saturated rings. The minimum atomic E-state index is -0.389. The highest BCUT2D eigenvalue weighted by atomic mass is 35.5. The Morgan fingerprint density at radius 1 is 1.05 bits per heavy atom. The van der Waals surface area contributed by atoms with E-state index in [0.29, 0.717) is 32.7 Å². The maximum Gasteiger partial charge on any atom is 0.287 e. The van der Waals surface area contributed by atoms with E-state index >= 15 is 0 Å². The Balaban J connectivity index is 1.23. The van der Waals surface area contributed by atoms with Gasteiger partial charge >= 0.3 is 0 Å². The molecule has 6 rings (SSSR count). The van der Waals surface area contributed by atoms with Crippen LogP contribution in [0.4, 0.5) is 22.9 Å². The van der Waals surface area contributed by atoms with Crippen LogP contribution in [-0.4, -0.2) is 59.2 Å². The van der Waals surface area contributed by atoms with Crippen molar-refractivity contribution in [3.8, 4) is 11.3 Å². The van der Waals surface area contributed by atoms with E-state index in [2.05, 4.69) is 42.7 Å². The number of thiophene rings is 1. The molecule has 1 aliphatic heterocycles. The number of aromatic nitrogens is 3. The highest BCUT2D eigenvalue weighted by Crippen LogP contribution is 2.36. The molecule has 0 aliphatic carbocycles. The summed E-state index contributed by atoms with van der Waals surface area (Å²) < 4.78 is 1.04. The number of aryl methyl sites for hydroxylation is 1. The summed E-state index contributed by atoms with van der Waals surface area (Å²) in [5.74, 6) is 0.299. The third-order valence-electron chi connectivity index (χ3n) is 7.20. The average molecular weight is 586 g/mol. The molecule has 0 bridgehead atoms. The molecule has 11 heteroatoms. The summed E-state index contributed by atoms with van der Waals surface area (Å²) in [6.45, 7) is 5.78. The number of carbonyl (C=O) groups excluding carboxylic acids is 1. The maximum absolute atomic E-state index is 13.1. The second-order valence-electron chi connectivity index (χ2n) is 10.0. The fourth-order valence-electron chi connectivity index (χ4n) is 4.78. The molecule has 1 saturated heterocycles. The third-order valence-corrected chi connectivity index (χ3v) is 8.70. The first-order valence-corrected chi connectivity index (χ1v) is 14.4. The van der Waals surface area contributed by atoms with Gasteiger partial charge in [0.2, 0.25) is 0 Å². The average Bonchev–Trinajstić information content (AvgIpc) is 3.42. The van der Waals surface area contributed by atoms with Gasteiger partial charge in [-0.15, -0.1) is 11.3 Å². The summed E-state index contributed by atoms with van der Waals surface area (Å²) in [5.41, 5.74) is 3.26. The van der Waals surface area contributed by atoms with Crippen molar-refractivity contribution in [3.05, 3.63) is 92.7 Å². The molecule has 0 radical (unpaired) electrons. The van der Waals surface area contributed by atoms with Crippen LogP contribution in [0.5, 0.6) is 0 Å². The minimum Gasteiger partial charge on any atom is -0.368 e. The van der Waals surface area contributed by atoms with E-state index in [-0.39, 0.29) is 17.2 Å². The highest BCUT2D eigenvalue weighted by Gasteiger charge is 2.19. The largest absolute Gasteiger partial charge is 0.368 e. The summed E-state index contributed by atoms with van der Waals surface area (Å²) in [4.78, 5) is 35.5. The number of nitrogens with zero attached hydrogens (tertiary/aromatic N) is 4. The quantitative estimate of drug-likeness (QED) is 0.233. The molecule has 5 aromatic rings. The van der Waals surface area contributed by atoms with Crippen molar-refractivity contribution in [2.24, 2.45) is 0 Å². The van der Waals surface area contributed by atoms with E-state index in [1.54, 1.807) is 6.07 Å². The van der Waals surface area contributed by atoms with Gasteiger partial charge in [-0.1, -0.05) is 41.9 Å². The summed E-state index contributed by atoms with van der Waals surface area (Å²) in [6.07, 6.45) is 1.81. The van der Waals surface area contributed by atoms with Gasteiger partial charge in [0.15, 0.2) is 0 Å². The van der Waals surface area contributed by atoms with Gasteiger partial charge in [-0.25, -0.2) is 10.1 Å². The predicted molar refractivity (Wildman–Crippen MR) is 167 cm³/mol. The van der Waals surface area contributed by atoms with Crippen LogP contribution in [0.3, 0.4) is 0 Å². The third kappa shape index (κ3) is 5.67. The van der Waals surface area contributed by atoms with Gasteiger partial charge in [-0.3, -0.25) is 9.59 Å². The Labute approximate surface area is 245 Å². The maximum atomic E-state index is 13.1. The van der Waals surface area contributed by atoms with Gasteiger partial charge in [0.05, 0.1) is 33.2 Å². The lowest BCUT2D eigenvalue weighted by atomic mass is 10.1. The molecule has 0 spiro atoms. The topological polar surface area (TPSA) is 106 Å². The summed E-state index contributed by atoms with van der Waals surface area (Å²) >= 11 is 8.25. The van der Waals surface area contributed by atoms with E-state index in [9.17, 15) is 9.59 Å². The second-order valence-corrected chi connectivity index (χ2v) is 11.5. The van der Waals surface area contributed by atoms with Crippen LogP contribution in [0, 0.1) is 6.92 Å². The van der Waals surface area contributed by atoms with Crippen molar-refractivity contribution in [3.63, 3.8) is 0 Å². The number of hydrogen-bond donors (Lipinski definition) is 3.